The molecule has 0 amide bonds. The first-order valence-electron chi connectivity index (χ1n) is 7.88. The van der Waals surface area contributed by atoms with Crippen LogP contribution in [0.5, 0.6) is 0 Å². The van der Waals surface area contributed by atoms with Gasteiger partial charge in [0.05, 0.1) is 11.1 Å². The van der Waals surface area contributed by atoms with Crippen molar-refractivity contribution in [3.05, 3.63) is 66.5 Å². The van der Waals surface area contributed by atoms with E-state index < -0.39 is 0 Å². The predicted octanol–water partition coefficient (Wildman–Crippen LogP) is 4.46. The monoisotopic (exact) mass is 339 g/mol. The third-order valence-corrected chi connectivity index (χ3v) is 5.70. The Bertz CT molecular complexity index is 866. The molecular formula is C19H18FN3S. The van der Waals surface area contributed by atoms with Gasteiger partial charge in [0, 0.05) is 24.2 Å². The number of nitrogens with zero attached hydrogens (tertiary/aromatic N) is 1. The SMILES string of the molecule is CN1c2ccc3ccccc3c2SC1CNNc1ccc(F)cc1. The van der Waals surface area contributed by atoms with Crippen molar-refractivity contribution >= 4 is 33.9 Å². The van der Waals surface area contributed by atoms with Crippen molar-refractivity contribution in [2.75, 3.05) is 23.9 Å². The Hall–Kier alpha value is -2.24. The summed E-state index contributed by atoms with van der Waals surface area (Å²) < 4.78 is 12.9. The van der Waals surface area contributed by atoms with Gasteiger partial charge in [0.2, 0.25) is 0 Å². The molecule has 4 rings (SSSR count). The summed E-state index contributed by atoms with van der Waals surface area (Å²) in [5.41, 5.74) is 8.49. The lowest BCUT2D eigenvalue weighted by Crippen LogP contribution is -2.37. The van der Waals surface area contributed by atoms with E-state index in [1.165, 1.54) is 33.5 Å². The molecule has 1 aliphatic rings. The normalized spacial score (nSPS) is 16.4. The first-order valence-corrected chi connectivity index (χ1v) is 8.76. The Kier molecular flexibility index (Phi) is 4.04. The van der Waals surface area contributed by atoms with E-state index in [4.69, 9.17) is 0 Å². The number of benzene rings is 3. The number of anilines is 2. The summed E-state index contributed by atoms with van der Waals surface area (Å²) in [5.74, 6) is -0.228. The Morgan fingerprint density at radius 3 is 2.67 bits per heavy atom. The van der Waals surface area contributed by atoms with Gasteiger partial charge in [0.1, 0.15) is 5.82 Å². The third-order valence-electron chi connectivity index (χ3n) is 4.28. The molecule has 1 heterocycles. The summed E-state index contributed by atoms with van der Waals surface area (Å²) >= 11 is 1.87. The van der Waals surface area contributed by atoms with Crippen LogP contribution in [0.3, 0.4) is 0 Å². The fourth-order valence-corrected chi connectivity index (χ4v) is 4.31. The Balaban J connectivity index is 1.46. The van der Waals surface area contributed by atoms with Gasteiger partial charge in [0.25, 0.3) is 0 Å². The molecule has 0 spiro atoms. The summed E-state index contributed by atoms with van der Waals surface area (Å²) in [5, 5.41) is 2.88. The van der Waals surface area contributed by atoms with Crippen molar-refractivity contribution in [3.8, 4) is 0 Å². The average molecular weight is 339 g/mol. The van der Waals surface area contributed by atoms with Crippen LogP contribution in [0.15, 0.2) is 65.6 Å². The first-order chi connectivity index (χ1) is 11.7. The number of hydrogen-bond acceptors (Lipinski definition) is 4. The van der Waals surface area contributed by atoms with Crippen molar-refractivity contribution in [2.45, 2.75) is 10.3 Å². The van der Waals surface area contributed by atoms with E-state index in [-0.39, 0.29) is 5.82 Å². The molecule has 1 unspecified atom stereocenters. The van der Waals surface area contributed by atoms with Gasteiger partial charge in [-0.25, -0.2) is 9.82 Å². The molecule has 0 bridgehead atoms. The van der Waals surface area contributed by atoms with Crippen LogP contribution in [0, 0.1) is 5.82 Å². The van der Waals surface area contributed by atoms with Crippen LogP contribution in [-0.2, 0) is 0 Å². The molecule has 0 fully saturated rings. The molecule has 1 aliphatic heterocycles. The quantitative estimate of drug-likeness (QED) is 0.686. The molecule has 1 atom stereocenters. The summed E-state index contributed by atoms with van der Waals surface area (Å²) in [6.45, 7) is 0.765. The van der Waals surface area contributed by atoms with Gasteiger partial charge < -0.3 is 10.3 Å². The van der Waals surface area contributed by atoms with Crippen LogP contribution in [-0.4, -0.2) is 19.0 Å². The van der Waals surface area contributed by atoms with E-state index in [2.05, 4.69) is 59.2 Å². The molecule has 5 heteroatoms. The van der Waals surface area contributed by atoms with Crippen molar-refractivity contribution in [3.63, 3.8) is 0 Å². The number of likely N-dealkylation sites (N-methyl/N-ethyl adjacent to an activating group) is 1. The van der Waals surface area contributed by atoms with Crippen LogP contribution in [0.25, 0.3) is 10.8 Å². The average Bonchev–Trinajstić information content (AvgIpc) is 2.93. The second-order valence-electron chi connectivity index (χ2n) is 5.83. The molecule has 3 aromatic rings. The van der Waals surface area contributed by atoms with E-state index in [0.29, 0.717) is 5.37 Å². The van der Waals surface area contributed by atoms with Crippen LogP contribution in [0.4, 0.5) is 15.8 Å². The summed E-state index contributed by atoms with van der Waals surface area (Å²) in [6, 6.07) is 19.2. The van der Waals surface area contributed by atoms with Gasteiger partial charge in [0.15, 0.2) is 0 Å². The molecule has 0 radical (unpaired) electrons. The largest absolute Gasteiger partial charge is 0.360 e. The van der Waals surface area contributed by atoms with Crippen LogP contribution in [0.1, 0.15) is 0 Å². The van der Waals surface area contributed by atoms with Gasteiger partial charge >= 0.3 is 0 Å². The molecule has 122 valence electrons. The number of rotatable bonds is 4. The first kappa shape index (κ1) is 15.3. The maximum absolute atomic E-state index is 12.9. The van der Waals surface area contributed by atoms with Crippen molar-refractivity contribution in [1.82, 2.24) is 5.43 Å². The highest BCUT2D eigenvalue weighted by Crippen LogP contribution is 2.46. The summed E-state index contributed by atoms with van der Waals surface area (Å²) in [4.78, 5) is 3.63. The second kappa shape index (κ2) is 6.34. The molecule has 0 saturated carbocycles. The Morgan fingerprint density at radius 1 is 1.04 bits per heavy atom. The number of thioether (sulfide) groups is 1. The van der Waals surface area contributed by atoms with E-state index >= 15 is 0 Å². The number of fused-ring (bicyclic) bond motifs is 3. The van der Waals surface area contributed by atoms with Crippen molar-refractivity contribution in [2.24, 2.45) is 0 Å². The number of nitrogens with one attached hydrogen (secondary N) is 2. The van der Waals surface area contributed by atoms with Gasteiger partial charge in [-0.15, -0.1) is 0 Å². The maximum atomic E-state index is 12.9. The number of hydrogen-bond donors (Lipinski definition) is 2. The molecule has 2 N–H and O–H groups in total. The lowest BCUT2D eigenvalue weighted by Gasteiger charge is -2.22. The maximum Gasteiger partial charge on any atom is 0.123 e. The van der Waals surface area contributed by atoms with E-state index in [1.54, 1.807) is 12.1 Å². The van der Waals surface area contributed by atoms with E-state index in [1.807, 2.05) is 11.8 Å². The fourth-order valence-electron chi connectivity index (χ4n) is 2.96. The van der Waals surface area contributed by atoms with Crippen molar-refractivity contribution < 1.29 is 4.39 Å². The fraction of sp³-hybridized carbons (Fsp3) is 0.158. The van der Waals surface area contributed by atoms with Gasteiger partial charge in [-0.05, 0) is 41.1 Å². The molecule has 0 aliphatic carbocycles. The molecule has 0 saturated heterocycles. The van der Waals surface area contributed by atoms with E-state index in [0.717, 1.165) is 12.2 Å². The summed E-state index contributed by atoms with van der Waals surface area (Å²) in [7, 11) is 2.12. The van der Waals surface area contributed by atoms with Crippen molar-refractivity contribution in [1.29, 1.82) is 0 Å². The lowest BCUT2D eigenvalue weighted by molar-refractivity contribution is 0.627. The highest BCUT2D eigenvalue weighted by atomic mass is 32.2. The van der Waals surface area contributed by atoms with Crippen LogP contribution >= 0.6 is 11.8 Å². The van der Waals surface area contributed by atoms with Crippen LogP contribution in [0.2, 0.25) is 0 Å². The lowest BCUT2D eigenvalue weighted by atomic mass is 10.1. The molecule has 3 nitrogen and oxygen atoms in total. The minimum absolute atomic E-state index is 0.228. The zero-order chi connectivity index (χ0) is 16.5. The molecule has 3 aromatic carbocycles. The standard InChI is InChI=1S/C19H18FN3S/c1-23-17-11-6-13-4-2-3-5-16(13)19(17)24-18(23)12-21-22-15-9-7-14(20)8-10-15/h2-11,18,21-22H,12H2,1H3. The zero-order valence-corrected chi connectivity index (χ0v) is 14.1. The predicted molar refractivity (Wildman–Crippen MR) is 100 cm³/mol. The van der Waals surface area contributed by atoms with Gasteiger partial charge in [-0.1, -0.05) is 42.1 Å². The second-order valence-corrected chi connectivity index (χ2v) is 7.02. The molecule has 0 aromatic heterocycles. The zero-order valence-electron chi connectivity index (χ0n) is 13.3. The topological polar surface area (TPSA) is 27.3 Å². The molecule has 24 heavy (non-hydrogen) atoms. The van der Waals surface area contributed by atoms with Gasteiger partial charge in [-0.3, -0.25) is 0 Å². The van der Waals surface area contributed by atoms with Gasteiger partial charge in [-0.2, -0.15) is 0 Å². The number of halogens is 1. The molecular weight excluding hydrogens is 321 g/mol. The minimum atomic E-state index is -0.228. The Labute approximate surface area is 144 Å². The van der Waals surface area contributed by atoms with E-state index in [9.17, 15) is 4.39 Å². The smallest absolute Gasteiger partial charge is 0.123 e. The third kappa shape index (κ3) is 2.81. The highest BCUT2D eigenvalue weighted by Gasteiger charge is 2.28. The number of hydrazine groups is 1. The highest BCUT2D eigenvalue weighted by molar-refractivity contribution is 8.00. The van der Waals surface area contributed by atoms with Crippen LogP contribution < -0.4 is 15.8 Å². The summed E-state index contributed by atoms with van der Waals surface area (Å²) in [6.07, 6.45) is 0. The Morgan fingerprint density at radius 2 is 1.83 bits per heavy atom. The minimum Gasteiger partial charge on any atom is -0.360 e.